The summed E-state index contributed by atoms with van der Waals surface area (Å²) in [5, 5.41) is 3.64. The molecule has 1 N–H and O–H groups in total. The number of likely N-dealkylation sites (N-methyl/N-ethyl adjacent to an activating group) is 1. The highest BCUT2D eigenvalue weighted by atomic mass is 35.5. The van der Waals surface area contributed by atoms with Gasteiger partial charge < -0.3 is 20.0 Å². The predicted octanol–water partition coefficient (Wildman–Crippen LogP) is 5.35. The number of amides is 3. The van der Waals surface area contributed by atoms with Crippen LogP contribution in [0.15, 0.2) is 48.5 Å². The van der Waals surface area contributed by atoms with Gasteiger partial charge in [-0.3, -0.25) is 4.79 Å². The van der Waals surface area contributed by atoms with Gasteiger partial charge in [0.2, 0.25) is 0 Å². The molecule has 2 aliphatic rings. The monoisotopic (exact) mass is 508 g/mol. The molecule has 0 aliphatic carbocycles. The van der Waals surface area contributed by atoms with Crippen LogP contribution in [0, 0.1) is 0 Å². The van der Waals surface area contributed by atoms with Gasteiger partial charge in [0, 0.05) is 49.6 Å². The van der Waals surface area contributed by atoms with Crippen LogP contribution in [0.3, 0.4) is 0 Å². The molecule has 188 valence electrons. The van der Waals surface area contributed by atoms with E-state index in [4.69, 9.17) is 11.6 Å². The van der Waals surface area contributed by atoms with Gasteiger partial charge in [-0.25, -0.2) is 4.79 Å². The molecule has 0 radical (unpaired) electrons. The highest BCUT2D eigenvalue weighted by Crippen LogP contribution is 2.30. The summed E-state index contributed by atoms with van der Waals surface area (Å²) in [5.41, 5.74) is 2.73. The zero-order valence-electron chi connectivity index (χ0n) is 19.4. The number of nitrogens with one attached hydrogen (secondary N) is 1. The topological polar surface area (TPSA) is 55.9 Å². The van der Waals surface area contributed by atoms with Crippen molar-refractivity contribution in [2.24, 2.45) is 0 Å². The van der Waals surface area contributed by atoms with E-state index in [-0.39, 0.29) is 6.03 Å². The van der Waals surface area contributed by atoms with Crippen molar-refractivity contribution >= 4 is 34.9 Å². The van der Waals surface area contributed by atoms with Crippen LogP contribution >= 0.6 is 11.6 Å². The molecule has 2 aliphatic heterocycles. The second-order valence-electron chi connectivity index (χ2n) is 9.09. The van der Waals surface area contributed by atoms with Crippen molar-refractivity contribution in [1.29, 1.82) is 0 Å². The first-order valence-corrected chi connectivity index (χ1v) is 12.0. The fraction of sp³-hybridized carbons (Fsp3) is 0.440. The molecule has 0 saturated carbocycles. The third-order valence-electron chi connectivity index (χ3n) is 6.88. The number of hydrogen-bond acceptors (Lipinski definition) is 3. The number of hydrogen-bond donors (Lipinski definition) is 1. The van der Waals surface area contributed by atoms with E-state index in [0.717, 1.165) is 23.4 Å². The van der Waals surface area contributed by atoms with Gasteiger partial charge in [-0.15, -0.1) is 0 Å². The molecule has 10 heteroatoms. The van der Waals surface area contributed by atoms with Crippen LogP contribution in [0.2, 0.25) is 5.02 Å². The lowest BCUT2D eigenvalue weighted by molar-refractivity contribution is -0.185. The van der Waals surface area contributed by atoms with Crippen LogP contribution in [0.5, 0.6) is 0 Å². The molecule has 2 heterocycles. The van der Waals surface area contributed by atoms with Crippen molar-refractivity contribution in [3.05, 3.63) is 59.1 Å². The maximum atomic E-state index is 12.7. The lowest BCUT2D eigenvalue weighted by Crippen LogP contribution is -2.45. The molecule has 0 bridgehead atoms. The first kappa shape index (κ1) is 25.2. The van der Waals surface area contributed by atoms with Crippen molar-refractivity contribution in [3.63, 3.8) is 0 Å². The molecule has 1 unspecified atom stereocenters. The van der Waals surface area contributed by atoms with E-state index in [1.54, 1.807) is 17.0 Å². The molecule has 4 rings (SSSR count). The van der Waals surface area contributed by atoms with E-state index in [9.17, 15) is 22.8 Å². The Morgan fingerprint density at radius 1 is 0.971 bits per heavy atom. The normalized spacial score (nSPS) is 19.1. The maximum absolute atomic E-state index is 12.7. The molecule has 1 atom stereocenters. The number of carbonyl (C=O) groups excluding carboxylic acids is 2. The van der Waals surface area contributed by atoms with Crippen LogP contribution < -0.4 is 10.2 Å². The Hall–Kier alpha value is -2.94. The number of urea groups is 1. The minimum absolute atomic E-state index is 0.152. The van der Waals surface area contributed by atoms with Gasteiger partial charge in [-0.05, 0) is 67.1 Å². The van der Waals surface area contributed by atoms with Gasteiger partial charge in [-0.2, -0.15) is 13.2 Å². The molecular formula is C25H28ClF3N4O2. The quantitative estimate of drug-likeness (QED) is 0.605. The van der Waals surface area contributed by atoms with E-state index >= 15 is 0 Å². The summed E-state index contributed by atoms with van der Waals surface area (Å²) in [4.78, 5) is 28.8. The van der Waals surface area contributed by atoms with Crippen molar-refractivity contribution in [2.75, 3.05) is 43.4 Å². The third kappa shape index (κ3) is 6.01. The van der Waals surface area contributed by atoms with E-state index in [1.165, 1.54) is 12.6 Å². The minimum Gasteiger partial charge on any atom is -0.369 e. The fourth-order valence-corrected chi connectivity index (χ4v) is 4.89. The number of alkyl halides is 3. The molecule has 0 aromatic heterocycles. The Balaban J connectivity index is 1.27. The second-order valence-corrected chi connectivity index (χ2v) is 9.53. The van der Waals surface area contributed by atoms with Gasteiger partial charge in [-0.1, -0.05) is 23.7 Å². The summed E-state index contributed by atoms with van der Waals surface area (Å²) in [6, 6.07) is 14.4. The van der Waals surface area contributed by atoms with Crippen LogP contribution in [0.4, 0.5) is 29.3 Å². The average molecular weight is 509 g/mol. The van der Waals surface area contributed by atoms with E-state index in [0.29, 0.717) is 49.2 Å². The zero-order valence-corrected chi connectivity index (χ0v) is 20.1. The number of benzene rings is 2. The predicted molar refractivity (Wildman–Crippen MR) is 130 cm³/mol. The van der Waals surface area contributed by atoms with Crippen LogP contribution in [0.25, 0.3) is 0 Å². The Labute approximate surface area is 207 Å². The Morgan fingerprint density at radius 2 is 1.60 bits per heavy atom. The summed E-state index contributed by atoms with van der Waals surface area (Å²) in [6.45, 7) is 2.20. The summed E-state index contributed by atoms with van der Waals surface area (Å²) in [7, 11) is 1.20. The van der Waals surface area contributed by atoms with Crippen molar-refractivity contribution in [1.82, 2.24) is 9.80 Å². The van der Waals surface area contributed by atoms with Gasteiger partial charge in [0.25, 0.3) is 0 Å². The standard InChI is InChI=1S/C25H28ClF3N4O2/c1-31(23(34)25(27,28)29)22-12-15-33(16-22)21-8-6-20(7-9-21)30-24(35)32-13-10-18(11-14-32)17-2-4-19(26)5-3-17/h2-9,18,22H,10-16H2,1H3,(H,30,35). The molecule has 35 heavy (non-hydrogen) atoms. The molecule has 0 spiro atoms. The Morgan fingerprint density at radius 3 is 2.20 bits per heavy atom. The van der Waals surface area contributed by atoms with Crippen molar-refractivity contribution in [2.45, 2.75) is 37.4 Å². The summed E-state index contributed by atoms with van der Waals surface area (Å²) in [5.74, 6) is -1.41. The first-order valence-electron chi connectivity index (χ1n) is 11.6. The lowest BCUT2D eigenvalue weighted by Gasteiger charge is -2.32. The number of anilines is 2. The number of likely N-dealkylation sites (tertiary alicyclic amines) is 1. The highest BCUT2D eigenvalue weighted by molar-refractivity contribution is 6.30. The van der Waals surface area contributed by atoms with Crippen LogP contribution in [0.1, 0.15) is 30.7 Å². The number of nitrogens with zero attached hydrogens (tertiary/aromatic N) is 3. The first-order chi connectivity index (χ1) is 16.6. The Bertz CT molecular complexity index is 1040. The summed E-state index contributed by atoms with van der Waals surface area (Å²) >= 11 is 5.97. The largest absolute Gasteiger partial charge is 0.471 e. The van der Waals surface area contributed by atoms with E-state index < -0.39 is 18.1 Å². The number of rotatable bonds is 4. The molecular weight excluding hydrogens is 481 g/mol. The SMILES string of the molecule is CN(C(=O)C(F)(F)F)C1CCN(c2ccc(NC(=O)N3CCC(c4ccc(Cl)cc4)CC3)cc2)C1. The zero-order chi connectivity index (χ0) is 25.2. The van der Waals surface area contributed by atoms with Crippen molar-refractivity contribution in [3.8, 4) is 0 Å². The summed E-state index contributed by atoms with van der Waals surface area (Å²) in [6.07, 6.45) is -2.64. The van der Waals surface area contributed by atoms with E-state index in [1.807, 2.05) is 41.3 Å². The average Bonchev–Trinajstić information content (AvgIpc) is 3.34. The van der Waals surface area contributed by atoms with Crippen molar-refractivity contribution < 1.29 is 22.8 Å². The van der Waals surface area contributed by atoms with E-state index in [2.05, 4.69) is 5.32 Å². The molecule has 3 amide bonds. The van der Waals surface area contributed by atoms with Gasteiger partial charge in [0.15, 0.2) is 0 Å². The number of piperidine rings is 1. The maximum Gasteiger partial charge on any atom is 0.471 e. The number of halogens is 4. The second kappa shape index (κ2) is 10.4. The molecule has 2 fully saturated rings. The van der Waals surface area contributed by atoms with Gasteiger partial charge in [0.05, 0.1) is 6.04 Å². The lowest BCUT2D eigenvalue weighted by atomic mass is 9.89. The third-order valence-corrected chi connectivity index (χ3v) is 7.13. The molecule has 2 aromatic carbocycles. The smallest absolute Gasteiger partial charge is 0.369 e. The number of carbonyl (C=O) groups is 2. The van der Waals surface area contributed by atoms with Gasteiger partial charge >= 0.3 is 18.1 Å². The van der Waals surface area contributed by atoms with Gasteiger partial charge in [0.1, 0.15) is 0 Å². The molecule has 2 aromatic rings. The molecule has 2 saturated heterocycles. The minimum atomic E-state index is -4.87. The Kier molecular flexibility index (Phi) is 7.44. The van der Waals surface area contributed by atoms with Crippen LogP contribution in [-0.2, 0) is 4.79 Å². The fourth-order valence-electron chi connectivity index (χ4n) is 4.77. The highest BCUT2D eigenvalue weighted by Gasteiger charge is 2.44. The van der Waals surface area contributed by atoms with Crippen LogP contribution in [-0.4, -0.2) is 67.2 Å². The summed E-state index contributed by atoms with van der Waals surface area (Å²) < 4.78 is 38.2. The molecule has 6 nitrogen and oxygen atoms in total.